The van der Waals surface area contributed by atoms with Crippen LogP contribution in [0.25, 0.3) is 0 Å². The average molecular weight is 213 g/mol. The lowest BCUT2D eigenvalue weighted by Gasteiger charge is -2.04. The van der Waals surface area contributed by atoms with Crippen LogP contribution in [0.3, 0.4) is 0 Å². The topological polar surface area (TPSA) is 79.8 Å². The fourth-order valence-electron chi connectivity index (χ4n) is 1.15. The molecule has 0 atom stereocenters. The standard InChI is InChI=1S/C8H5F2N3O2/c1-4-6(8(9)10)12-3-5(2-11)7(4)13(14)15/h3,8H,1H3. The molecule has 0 fully saturated rings. The second-order valence-electron chi connectivity index (χ2n) is 2.70. The highest BCUT2D eigenvalue weighted by atomic mass is 19.3. The molecule has 7 heteroatoms. The molecule has 78 valence electrons. The summed E-state index contributed by atoms with van der Waals surface area (Å²) in [5, 5.41) is 19.1. The molecular weight excluding hydrogens is 208 g/mol. The van der Waals surface area contributed by atoms with E-state index in [0.717, 1.165) is 13.1 Å². The van der Waals surface area contributed by atoms with Crippen molar-refractivity contribution < 1.29 is 13.7 Å². The molecule has 0 bridgehead atoms. The molecule has 0 unspecified atom stereocenters. The molecule has 0 saturated carbocycles. The van der Waals surface area contributed by atoms with Crippen LogP contribution in [0.2, 0.25) is 0 Å². The second kappa shape index (κ2) is 3.96. The molecule has 0 saturated heterocycles. The highest BCUT2D eigenvalue weighted by Crippen LogP contribution is 2.29. The van der Waals surface area contributed by atoms with Crippen LogP contribution < -0.4 is 0 Å². The Labute approximate surface area is 83.1 Å². The lowest BCUT2D eigenvalue weighted by Crippen LogP contribution is -2.02. The first-order valence-electron chi connectivity index (χ1n) is 3.81. The number of nitro groups is 1. The van der Waals surface area contributed by atoms with Crippen LogP contribution in [0.1, 0.15) is 23.2 Å². The first kappa shape index (κ1) is 11.0. The summed E-state index contributed by atoms with van der Waals surface area (Å²) in [6, 6.07) is 1.53. The Morgan fingerprint density at radius 3 is 2.67 bits per heavy atom. The van der Waals surface area contributed by atoms with Gasteiger partial charge in [-0.25, -0.2) is 8.78 Å². The van der Waals surface area contributed by atoms with E-state index >= 15 is 0 Å². The number of nitriles is 1. The number of hydrogen-bond acceptors (Lipinski definition) is 4. The summed E-state index contributed by atoms with van der Waals surface area (Å²) in [6.07, 6.45) is -2.11. The normalized spacial score (nSPS) is 10.1. The van der Waals surface area contributed by atoms with Gasteiger partial charge >= 0.3 is 0 Å². The van der Waals surface area contributed by atoms with Crippen LogP contribution in [0.5, 0.6) is 0 Å². The van der Waals surface area contributed by atoms with Crippen LogP contribution in [0, 0.1) is 28.4 Å². The number of nitrogens with zero attached hydrogens (tertiary/aromatic N) is 3. The van der Waals surface area contributed by atoms with Crippen molar-refractivity contribution in [3.05, 3.63) is 33.1 Å². The number of rotatable bonds is 2. The molecule has 0 aliphatic carbocycles. The van der Waals surface area contributed by atoms with Gasteiger partial charge in [-0.2, -0.15) is 5.26 Å². The van der Waals surface area contributed by atoms with Gasteiger partial charge in [-0.05, 0) is 6.92 Å². The van der Waals surface area contributed by atoms with Crippen molar-refractivity contribution >= 4 is 5.69 Å². The Hall–Kier alpha value is -2.10. The van der Waals surface area contributed by atoms with Gasteiger partial charge in [0, 0.05) is 0 Å². The Bertz CT molecular complexity index is 454. The minimum atomic E-state index is -2.89. The minimum Gasteiger partial charge on any atom is -0.258 e. The molecule has 0 aromatic carbocycles. The zero-order valence-corrected chi connectivity index (χ0v) is 7.57. The van der Waals surface area contributed by atoms with E-state index in [2.05, 4.69) is 4.98 Å². The van der Waals surface area contributed by atoms with Crippen molar-refractivity contribution in [3.63, 3.8) is 0 Å². The van der Waals surface area contributed by atoms with Gasteiger partial charge in [0.25, 0.3) is 12.1 Å². The quantitative estimate of drug-likeness (QED) is 0.556. The molecule has 0 spiro atoms. The SMILES string of the molecule is Cc1c(C(F)F)ncc(C#N)c1[N+](=O)[O-]. The van der Waals surface area contributed by atoms with Crippen molar-refractivity contribution in [2.24, 2.45) is 0 Å². The third kappa shape index (κ3) is 1.88. The summed E-state index contributed by atoms with van der Waals surface area (Å²) in [5.74, 6) is 0. The van der Waals surface area contributed by atoms with Crippen LogP contribution in [-0.4, -0.2) is 9.91 Å². The Balaban J connectivity index is 3.51. The van der Waals surface area contributed by atoms with E-state index in [1.165, 1.54) is 6.07 Å². The number of hydrogen-bond donors (Lipinski definition) is 0. The zero-order chi connectivity index (χ0) is 11.6. The monoisotopic (exact) mass is 213 g/mol. The van der Waals surface area contributed by atoms with E-state index in [1.807, 2.05) is 0 Å². The molecule has 1 heterocycles. The van der Waals surface area contributed by atoms with E-state index in [4.69, 9.17) is 5.26 Å². The van der Waals surface area contributed by atoms with Crippen LogP contribution in [-0.2, 0) is 0 Å². The Kier molecular flexibility index (Phi) is 2.90. The van der Waals surface area contributed by atoms with E-state index in [0.29, 0.717) is 0 Å². The largest absolute Gasteiger partial charge is 0.293 e. The lowest BCUT2D eigenvalue weighted by atomic mass is 10.1. The van der Waals surface area contributed by atoms with Gasteiger partial charge in [-0.15, -0.1) is 0 Å². The fraction of sp³-hybridized carbons (Fsp3) is 0.250. The summed E-state index contributed by atoms with van der Waals surface area (Å²) in [7, 11) is 0. The van der Waals surface area contributed by atoms with Gasteiger partial charge in [0.1, 0.15) is 17.3 Å². The lowest BCUT2D eigenvalue weighted by molar-refractivity contribution is -0.385. The number of halogens is 2. The van der Waals surface area contributed by atoms with Gasteiger partial charge in [0.15, 0.2) is 0 Å². The summed E-state index contributed by atoms with van der Waals surface area (Å²) in [4.78, 5) is 13.0. The molecule has 1 rings (SSSR count). The third-order valence-corrected chi connectivity index (χ3v) is 1.84. The van der Waals surface area contributed by atoms with E-state index in [-0.39, 0.29) is 11.1 Å². The highest BCUT2D eigenvalue weighted by Gasteiger charge is 2.25. The first-order chi connectivity index (χ1) is 6.99. The molecule has 1 aromatic heterocycles. The van der Waals surface area contributed by atoms with Crippen LogP contribution in [0.4, 0.5) is 14.5 Å². The molecule has 1 aromatic rings. The summed E-state index contributed by atoms with van der Waals surface area (Å²) < 4.78 is 24.7. The first-order valence-corrected chi connectivity index (χ1v) is 3.81. The average Bonchev–Trinajstić information content (AvgIpc) is 2.15. The molecule has 0 amide bonds. The van der Waals surface area contributed by atoms with E-state index < -0.39 is 22.7 Å². The maximum absolute atomic E-state index is 12.3. The maximum atomic E-state index is 12.3. The van der Waals surface area contributed by atoms with E-state index in [9.17, 15) is 18.9 Å². The molecular formula is C8H5F2N3O2. The van der Waals surface area contributed by atoms with Gasteiger partial charge in [-0.1, -0.05) is 0 Å². The Morgan fingerprint density at radius 1 is 1.67 bits per heavy atom. The molecule has 15 heavy (non-hydrogen) atoms. The fourth-order valence-corrected chi connectivity index (χ4v) is 1.15. The number of aromatic nitrogens is 1. The van der Waals surface area contributed by atoms with Gasteiger partial charge < -0.3 is 0 Å². The second-order valence-corrected chi connectivity index (χ2v) is 2.70. The molecule has 5 nitrogen and oxygen atoms in total. The predicted molar refractivity (Wildman–Crippen MR) is 45.3 cm³/mol. The molecule has 0 aliphatic heterocycles. The van der Waals surface area contributed by atoms with Crippen molar-refractivity contribution in [1.29, 1.82) is 5.26 Å². The van der Waals surface area contributed by atoms with Crippen LogP contribution >= 0.6 is 0 Å². The summed E-state index contributed by atoms with van der Waals surface area (Å²) in [6.45, 7) is 1.15. The van der Waals surface area contributed by atoms with Crippen molar-refractivity contribution in [1.82, 2.24) is 4.98 Å². The highest BCUT2D eigenvalue weighted by molar-refractivity contribution is 5.54. The molecule has 0 N–H and O–H groups in total. The van der Waals surface area contributed by atoms with Crippen LogP contribution in [0.15, 0.2) is 6.20 Å². The predicted octanol–water partition coefficient (Wildman–Crippen LogP) is 2.11. The number of alkyl halides is 2. The smallest absolute Gasteiger partial charge is 0.258 e. The van der Waals surface area contributed by atoms with Gasteiger partial charge in [0.2, 0.25) is 0 Å². The van der Waals surface area contributed by atoms with E-state index in [1.54, 1.807) is 0 Å². The maximum Gasteiger partial charge on any atom is 0.293 e. The van der Waals surface area contributed by atoms with Gasteiger partial charge in [-0.3, -0.25) is 15.1 Å². The minimum absolute atomic E-state index is 0.269. The van der Waals surface area contributed by atoms with Crippen molar-refractivity contribution in [3.8, 4) is 6.07 Å². The molecule has 0 aliphatic rings. The summed E-state index contributed by atoms with van der Waals surface area (Å²) in [5.41, 5.74) is -1.86. The van der Waals surface area contributed by atoms with Crippen molar-refractivity contribution in [2.45, 2.75) is 13.3 Å². The zero-order valence-electron chi connectivity index (χ0n) is 7.57. The molecule has 0 radical (unpaired) electrons. The summed E-state index contributed by atoms with van der Waals surface area (Å²) >= 11 is 0. The van der Waals surface area contributed by atoms with Crippen molar-refractivity contribution in [2.75, 3.05) is 0 Å². The van der Waals surface area contributed by atoms with Gasteiger partial charge in [0.05, 0.1) is 16.7 Å². The third-order valence-electron chi connectivity index (χ3n) is 1.84. The Morgan fingerprint density at radius 2 is 2.27 bits per heavy atom. The number of pyridine rings is 1.